The number of cyclic esters (lactones) is 1. The molecule has 2 bridgehead atoms. The van der Waals surface area contributed by atoms with Gasteiger partial charge in [0, 0.05) is 46.1 Å². The number of carbonyl (C=O) groups is 4. The zero-order valence-corrected chi connectivity index (χ0v) is 41.3. The number of methoxy groups -OCH3 is 4. The van der Waals surface area contributed by atoms with Gasteiger partial charge in [-0.25, -0.2) is 4.79 Å². The van der Waals surface area contributed by atoms with Crippen LogP contribution in [0.5, 0.6) is 5.75 Å². The number of carbonyl (C=O) groups excluding carboxylic acids is 4. The second kappa shape index (κ2) is 24.0. The summed E-state index contributed by atoms with van der Waals surface area (Å²) in [4.78, 5) is 58.4. The van der Waals surface area contributed by atoms with Gasteiger partial charge in [-0.05, 0) is 132 Å². The lowest BCUT2D eigenvalue weighted by Crippen LogP contribution is -2.64. The minimum atomic E-state index is -2.48. The molecule has 13 atom stereocenters. The number of Topliss-reactive ketones (excluding diaryl/α,β-unsaturated/α-hetero) is 2. The van der Waals surface area contributed by atoms with Gasteiger partial charge in [0.2, 0.25) is 5.79 Å². The van der Waals surface area contributed by atoms with Crippen LogP contribution in [0.3, 0.4) is 0 Å². The molecule has 0 spiro atoms. The van der Waals surface area contributed by atoms with E-state index in [9.17, 15) is 29.4 Å². The molecule has 368 valence electrons. The molecular formula is C53H79NO12. The van der Waals surface area contributed by atoms with Gasteiger partial charge in [-0.15, -0.1) is 0 Å². The lowest BCUT2D eigenvalue weighted by molar-refractivity contribution is -0.302. The number of hydrogen-bond donors (Lipinski definition) is 2. The SMILES string of the molecule is CCC1C=C(C)CC(C)CC(OC)C2OC(O)(C(=O)C(=O)N3CCCCC3C(=O)OC(C(C)=CC3CCC(O)(CC=Cc4ccc(OC)cc4)C(OC)C3)C(C)CCC1=O)C(C)CC2OC. The van der Waals surface area contributed by atoms with E-state index in [0.29, 0.717) is 64.2 Å². The maximum atomic E-state index is 14.5. The van der Waals surface area contributed by atoms with Crippen molar-refractivity contribution in [3.8, 4) is 5.75 Å². The summed E-state index contributed by atoms with van der Waals surface area (Å²) >= 11 is 0. The molecule has 1 aromatic carbocycles. The van der Waals surface area contributed by atoms with Crippen LogP contribution in [0.25, 0.3) is 6.08 Å². The number of esters is 1. The Morgan fingerprint density at radius 3 is 2.26 bits per heavy atom. The molecule has 2 N–H and O–H groups in total. The third-order valence-electron chi connectivity index (χ3n) is 14.9. The van der Waals surface area contributed by atoms with Crippen LogP contribution in [0.4, 0.5) is 0 Å². The third kappa shape index (κ3) is 12.9. The first-order valence-corrected chi connectivity index (χ1v) is 24.4. The van der Waals surface area contributed by atoms with Crippen molar-refractivity contribution in [2.45, 2.75) is 173 Å². The van der Waals surface area contributed by atoms with Crippen LogP contribution in [0.2, 0.25) is 0 Å². The Labute approximate surface area is 393 Å². The number of ether oxygens (including phenoxy) is 6. The number of aliphatic hydroxyl groups is 2. The van der Waals surface area contributed by atoms with Crippen LogP contribution in [0.15, 0.2) is 53.6 Å². The van der Waals surface area contributed by atoms with E-state index in [1.807, 2.05) is 64.1 Å². The van der Waals surface area contributed by atoms with Gasteiger partial charge < -0.3 is 43.5 Å². The number of amides is 1. The van der Waals surface area contributed by atoms with Crippen molar-refractivity contribution < 1.29 is 57.8 Å². The number of ketones is 2. The molecule has 5 rings (SSSR count). The summed E-state index contributed by atoms with van der Waals surface area (Å²) in [6, 6.07) is 6.64. The number of allylic oxidation sites excluding steroid dienone is 3. The van der Waals surface area contributed by atoms with Crippen molar-refractivity contribution in [1.29, 1.82) is 0 Å². The Balaban J connectivity index is 1.44. The Hall–Kier alpha value is -3.72. The van der Waals surface area contributed by atoms with E-state index in [-0.39, 0.29) is 55.3 Å². The zero-order chi connectivity index (χ0) is 48.3. The molecule has 13 nitrogen and oxygen atoms in total. The van der Waals surface area contributed by atoms with Crippen LogP contribution in [-0.2, 0) is 42.9 Å². The molecule has 0 radical (unpaired) electrons. The molecule has 4 aliphatic rings. The highest BCUT2D eigenvalue weighted by Crippen LogP contribution is 2.41. The summed E-state index contributed by atoms with van der Waals surface area (Å²) in [5.74, 6) is -5.66. The van der Waals surface area contributed by atoms with Crippen LogP contribution in [0.1, 0.15) is 131 Å². The molecule has 3 heterocycles. The Bertz CT molecular complexity index is 1890. The smallest absolute Gasteiger partial charge is 0.329 e. The molecule has 1 aromatic rings. The monoisotopic (exact) mass is 922 g/mol. The minimum Gasteiger partial charge on any atom is -0.497 e. The van der Waals surface area contributed by atoms with Gasteiger partial charge in [0.25, 0.3) is 11.7 Å². The fraction of sp³-hybridized carbons (Fsp3) is 0.698. The maximum Gasteiger partial charge on any atom is 0.329 e. The van der Waals surface area contributed by atoms with E-state index < -0.39 is 71.5 Å². The Morgan fingerprint density at radius 2 is 1.61 bits per heavy atom. The van der Waals surface area contributed by atoms with Crippen molar-refractivity contribution in [3.63, 3.8) is 0 Å². The lowest BCUT2D eigenvalue weighted by atomic mass is 9.74. The van der Waals surface area contributed by atoms with Crippen LogP contribution < -0.4 is 4.74 Å². The van der Waals surface area contributed by atoms with Crippen molar-refractivity contribution in [1.82, 2.24) is 4.90 Å². The largest absolute Gasteiger partial charge is 0.497 e. The second-order valence-electron chi connectivity index (χ2n) is 19.9. The summed E-state index contributed by atoms with van der Waals surface area (Å²) in [6.07, 6.45) is 11.4. The molecule has 1 amide bonds. The molecule has 2 saturated heterocycles. The van der Waals surface area contributed by atoms with E-state index in [2.05, 4.69) is 19.1 Å². The first kappa shape index (κ1) is 53.2. The predicted molar refractivity (Wildman–Crippen MR) is 252 cm³/mol. The van der Waals surface area contributed by atoms with Gasteiger partial charge in [-0.3, -0.25) is 14.4 Å². The average Bonchev–Trinajstić information content (AvgIpc) is 3.31. The Kier molecular flexibility index (Phi) is 19.4. The van der Waals surface area contributed by atoms with Crippen LogP contribution >= 0.6 is 0 Å². The zero-order valence-electron chi connectivity index (χ0n) is 41.3. The van der Waals surface area contributed by atoms with E-state index >= 15 is 0 Å². The van der Waals surface area contributed by atoms with E-state index in [4.69, 9.17) is 28.4 Å². The van der Waals surface area contributed by atoms with Crippen LogP contribution in [-0.4, -0.2) is 121 Å². The number of rotatable bonds is 10. The molecule has 1 aliphatic carbocycles. The van der Waals surface area contributed by atoms with Crippen molar-refractivity contribution in [2.75, 3.05) is 35.0 Å². The number of fused-ring (bicyclic) bond motifs is 3. The van der Waals surface area contributed by atoms with Gasteiger partial charge >= 0.3 is 5.97 Å². The first-order chi connectivity index (χ1) is 31.4. The summed E-state index contributed by atoms with van der Waals surface area (Å²) in [7, 11) is 6.35. The molecule has 13 heteroatoms. The van der Waals surface area contributed by atoms with Crippen molar-refractivity contribution >= 4 is 29.5 Å². The Morgan fingerprint density at radius 1 is 0.909 bits per heavy atom. The number of benzene rings is 1. The number of piperidine rings is 1. The first-order valence-electron chi connectivity index (χ1n) is 24.4. The molecular weight excluding hydrogens is 843 g/mol. The molecule has 66 heavy (non-hydrogen) atoms. The average molecular weight is 922 g/mol. The second-order valence-corrected chi connectivity index (χ2v) is 19.9. The molecule has 3 fully saturated rings. The molecule has 13 unspecified atom stereocenters. The highest BCUT2D eigenvalue weighted by molar-refractivity contribution is 6.39. The van der Waals surface area contributed by atoms with Crippen molar-refractivity contribution in [3.05, 3.63) is 59.2 Å². The number of nitrogens with zero attached hydrogens (tertiary/aromatic N) is 1. The van der Waals surface area contributed by atoms with Gasteiger partial charge in [0.05, 0.1) is 31.0 Å². The summed E-state index contributed by atoms with van der Waals surface area (Å²) in [5.41, 5.74) is 1.79. The summed E-state index contributed by atoms with van der Waals surface area (Å²) in [6.45, 7) is 11.8. The van der Waals surface area contributed by atoms with Gasteiger partial charge in [-0.2, -0.15) is 0 Å². The fourth-order valence-electron chi connectivity index (χ4n) is 10.9. The highest BCUT2D eigenvalue weighted by Gasteiger charge is 2.56. The maximum absolute atomic E-state index is 14.5. The predicted octanol–water partition coefficient (Wildman–Crippen LogP) is 7.98. The fourth-order valence-corrected chi connectivity index (χ4v) is 10.9. The van der Waals surface area contributed by atoms with E-state index in [1.54, 1.807) is 35.4 Å². The van der Waals surface area contributed by atoms with Gasteiger partial charge in [0.1, 0.15) is 29.8 Å². The minimum absolute atomic E-state index is 0.00119. The highest BCUT2D eigenvalue weighted by atomic mass is 16.7. The lowest BCUT2D eigenvalue weighted by Gasteiger charge is -2.47. The summed E-state index contributed by atoms with van der Waals surface area (Å²) < 4.78 is 35.8. The van der Waals surface area contributed by atoms with Gasteiger partial charge in [-0.1, -0.05) is 69.7 Å². The molecule has 0 aromatic heterocycles. The topological polar surface area (TPSA) is 167 Å². The number of hydrogen-bond acceptors (Lipinski definition) is 12. The standard InChI is InChI=1S/C53H79NO12/c1-11-40-28-33(2)27-34(3)29-44(62-8)48-45(63-9)31-37(6)53(60,66-48)49(56)50(57)54-26-13-12-16-42(54)51(58)65-47(35(4)17-22-43(40)55)36(5)30-39-23-25-52(59,46(32-39)64-10)24-14-15-38-18-20-41(61-7)21-19-38/h14-15,18-21,28,30,34-35,37,39-40,42,44-48,59-60H,11-13,16-17,22-27,29,31-32H2,1-10H3. The quantitative estimate of drug-likeness (QED) is 0.132. The molecule has 3 aliphatic heterocycles. The van der Waals surface area contributed by atoms with E-state index in [1.165, 1.54) is 4.90 Å². The third-order valence-corrected chi connectivity index (χ3v) is 14.9. The normalized spacial score (nSPS) is 36.3. The van der Waals surface area contributed by atoms with Crippen molar-refractivity contribution in [2.24, 2.45) is 29.6 Å². The molecule has 1 saturated carbocycles. The van der Waals surface area contributed by atoms with Gasteiger partial charge in [0.15, 0.2) is 0 Å². The van der Waals surface area contributed by atoms with E-state index in [0.717, 1.165) is 22.5 Å². The summed E-state index contributed by atoms with van der Waals surface area (Å²) in [5, 5.41) is 24.0. The van der Waals surface area contributed by atoms with Crippen LogP contribution in [0, 0.1) is 29.6 Å².